The van der Waals surface area contributed by atoms with Crippen LogP contribution >= 0.6 is 0 Å². The number of hydrogen-bond acceptors (Lipinski definition) is 3. The minimum absolute atomic E-state index is 0. The van der Waals surface area contributed by atoms with Crippen LogP contribution in [0.5, 0.6) is 0 Å². The zero-order valence-electron chi connectivity index (χ0n) is 3.67. The first-order valence-corrected chi connectivity index (χ1v) is 2.55. The Labute approximate surface area is 60.3 Å². The zero-order valence-corrected chi connectivity index (χ0v) is 6.30. The number of hydrogen-bond donors (Lipinski definition) is 1. The van der Waals surface area contributed by atoms with E-state index in [4.69, 9.17) is 8.76 Å². The Kier molecular flexibility index (Phi) is 10.2. The van der Waals surface area contributed by atoms with E-state index in [0.717, 1.165) is 0 Å². The van der Waals surface area contributed by atoms with E-state index < -0.39 is 9.64 Å². The molecule has 1 N–H and O–H groups in total. The maximum Gasteiger partial charge on any atom is 1.00 e. The van der Waals surface area contributed by atoms with Gasteiger partial charge in [-0.3, -0.25) is 0 Å². The third-order valence-electron chi connectivity index (χ3n) is 0. The van der Waals surface area contributed by atoms with Gasteiger partial charge in [0, 0.05) is 0 Å². The van der Waals surface area contributed by atoms with Crippen LogP contribution in [0.4, 0.5) is 0 Å². The van der Waals surface area contributed by atoms with E-state index in [9.17, 15) is 0 Å². The fraction of sp³-hybridized carbons (Fsp3) is 0. The van der Waals surface area contributed by atoms with E-state index in [2.05, 4.69) is 11.2 Å². The second kappa shape index (κ2) is 5.33. The Morgan fingerprint density at radius 1 is 2.00 bits per heavy atom. The van der Waals surface area contributed by atoms with Gasteiger partial charge in [-0.05, 0) is 0 Å². The second-order valence-corrected chi connectivity index (χ2v) is 1.51. The molecule has 0 aliphatic heterocycles. The van der Waals surface area contributed by atoms with Crippen LogP contribution in [0.1, 0.15) is 1.43 Å². The third-order valence-corrected chi connectivity index (χ3v) is 0. The molecule has 0 aromatic carbocycles. The molecule has 0 rings (SSSR count). The first kappa shape index (κ1) is 9.59. The van der Waals surface area contributed by atoms with Gasteiger partial charge in [0.2, 0.25) is 0 Å². The molecule has 2 nitrogen and oxygen atoms in total. The van der Waals surface area contributed by atoms with E-state index in [0.29, 0.717) is 0 Å². The quantitative estimate of drug-likeness (QED) is 0.211. The van der Waals surface area contributed by atoms with Crippen LogP contribution < -0.4 is 29.6 Å². The SMILES string of the molecule is O=[S-](O)=S.[H-].[Na+]. The number of rotatable bonds is 0. The van der Waals surface area contributed by atoms with Crippen LogP contribution in [0.25, 0.3) is 0 Å². The molecule has 0 bridgehead atoms. The Morgan fingerprint density at radius 3 is 2.00 bits per heavy atom. The molecule has 0 fully saturated rings. The molecular formula is H2NaO2S2-. The van der Waals surface area contributed by atoms with E-state index in [1.54, 1.807) is 0 Å². The molecule has 0 spiro atoms. The first-order valence-electron chi connectivity index (χ1n) is 0.516. The summed E-state index contributed by atoms with van der Waals surface area (Å²) in [6, 6.07) is 0. The van der Waals surface area contributed by atoms with Crippen LogP contribution in [0.2, 0.25) is 0 Å². The van der Waals surface area contributed by atoms with Crippen molar-refractivity contribution in [2.75, 3.05) is 0 Å². The molecule has 28 valence electrons. The maximum atomic E-state index is 8.93. The van der Waals surface area contributed by atoms with Crippen molar-refractivity contribution >= 4 is 20.8 Å². The van der Waals surface area contributed by atoms with Crippen molar-refractivity contribution in [2.24, 2.45) is 0 Å². The summed E-state index contributed by atoms with van der Waals surface area (Å²) >= 11 is 3.65. The van der Waals surface area contributed by atoms with E-state index in [-0.39, 0.29) is 31.0 Å². The van der Waals surface area contributed by atoms with Gasteiger partial charge in [0.15, 0.2) is 0 Å². The Hall–Kier alpha value is 1.33. The van der Waals surface area contributed by atoms with Crippen molar-refractivity contribution in [3.63, 3.8) is 0 Å². The molecule has 0 amide bonds. The topological polar surface area (TPSA) is 37.3 Å². The largest absolute Gasteiger partial charge is 1.00 e. The summed E-state index contributed by atoms with van der Waals surface area (Å²) in [4.78, 5) is 0. The predicted molar refractivity (Wildman–Crippen MR) is 19.2 cm³/mol. The Bertz CT molecular complexity index is 59.9. The molecule has 5 heavy (non-hydrogen) atoms. The van der Waals surface area contributed by atoms with E-state index >= 15 is 0 Å². The van der Waals surface area contributed by atoms with Crippen molar-refractivity contribution in [1.29, 1.82) is 0 Å². The van der Waals surface area contributed by atoms with Crippen molar-refractivity contribution < 1.29 is 39.7 Å². The van der Waals surface area contributed by atoms with Crippen LogP contribution in [0, 0.1) is 0 Å². The first-order chi connectivity index (χ1) is 1.73. The van der Waals surface area contributed by atoms with Crippen LogP contribution in [-0.2, 0) is 25.0 Å². The molecule has 0 heterocycles. The average Bonchev–Trinajstić information content (AvgIpc) is 0.811. The van der Waals surface area contributed by atoms with Crippen LogP contribution in [-0.4, -0.2) is 4.55 Å². The summed E-state index contributed by atoms with van der Waals surface area (Å²) in [6.45, 7) is 0. The summed E-state index contributed by atoms with van der Waals surface area (Å²) in [6.07, 6.45) is 0. The molecule has 0 aromatic rings. The van der Waals surface area contributed by atoms with Gasteiger partial charge >= 0.3 is 29.6 Å². The van der Waals surface area contributed by atoms with Gasteiger partial charge in [0.25, 0.3) is 0 Å². The minimum atomic E-state index is -2.03. The summed E-state index contributed by atoms with van der Waals surface area (Å²) < 4.78 is 16.3. The summed E-state index contributed by atoms with van der Waals surface area (Å²) in [5, 5.41) is 0. The molecule has 0 aliphatic rings. The van der Waals surface area contributed by atoms with Crippen molar-refractivity contribution in [1.82, 2.24) is 0 Å². The second-order valence-electron chi connectivity index (χ2n) is 0.217. The Balaban J connectivity index is -0.0000000450. The van der Waals surface area contributed by atoms with Gasteiger partial charge in [0.05, 0.1) is 0 Å². The molecule has 0 saturated heterocycles. The third kappa shape index (κ3) is 33.4. The van der Waals surface area contributed by atoms with Gasteiger partial charge in [0.1, 0.15) is 0 Å². The maximum absolute atomic E-state index is 8.93. The van der Waals surface area contributed by atoms with Crippen molar-refractivity contribution in [3.05, 3.63) is 0 Å². The van der Waals surface area contributed by atoms with Gasteiger partial charge in [-0.2, -0.15) is 0 Å². The Morgan fingerprint density at radius 2 is 2.00 bits per heavy atom. The fourth-order valence-corrected chi connectivity index (χ4v) is 0. The fourth-order valence-electron chi connectivity index (χ4n) is 0. The molecule has 0 radical (unpaired) electrons. The van der Waals surface area contributed by atoms with Crippen LogP contribution in [0.15, 0.2) is 0 Å². The summed E-state index contributed by atoms with van der Waals surface area (Å²) in [5.74, 6) is 0. The van der Waals surface area contributed by atoms with Crippen LogP contribution in [0.3, 0.4) is 0 Å². The zero-order chi connectivity index (χ0) is 3.58. The van der Waals surface area contributed by atoms with Gasteiger partial charge < -0.3 is 10.2 Å². The predicted octanol–water partition coefficient (Wildman–Crippen LogP) is -3.00. The van der Waals surface area contributed by atoms with Gasteiger partial charge in [-0.1, -0.05) is 9.64 Å². The smallest absolute Gasteiger partial charge is 1.00 e. The molecular weight excluding hydrogens is 119 g/mol. The van der Waals surface area contributed by atoms with Crippen molar-refractivity contribution in [2.45, 2.75) is 0 Å². The molecule has 5 heteroatoms. The van der Waals surface area contributed by atoms with E-state index in [1.807, 2.05) is 0 Å². The van der Waals surface area contributed by atoms with Gasteiger partial charge in [-0.25, -0.2) is 11.2 Å². The normalized spacial score (nSPS) is 6.80. The molecule has 0 atom stereocenters. The van der Waals surface area contributed by atoms with Crippen molar-refractivity contribution in [3.8, 4) is 0 Å². The summed E-state index contributed by atoms with van der Waals surface area (Å²) in [7, 11) is -2.03. The molecule has 0 unspecified atom stereocenters. The monoisotopic (exact) mass is 121 g/mol. The minimum Gasteiger partial charge on any atom is -1.00 e. The average molecular weight is 121 g/mol. The molecule has 0 aliphatic carbocycles. The summed E-state index contributed by atoms with van der Waals surface area (Å²) in [5.41, 5.74) is 0. The van der Waals surface area contributed by atoms with Gasteiger partial charge in [-0.15, -0.1) is 0 Å². The molecule has 0 saturated carbocycles. The standard InChI is InChI=1S/Na.HO2S2.H/c;1-4(2)3;/h;(H,1,2,3);/q+1;2*-1. The molecule has 0 aromatic heterocycles. The van der Waals surface area contributed by atoms with E-state index in [1.165, 1.54) is 0 Å².